The number of hydrogen-bond donors (Lipinski definition) is 2. The Morgan fingerprint density at radius 3 is 3.00 bits per heavy atom. The van der Waals surface area contributed by atoms with E-state index in [1.807, 2.05) is 30.3 Å². The van der Waals surface area contributed by atoms with Crippen LogP contribution in [0, 0.1) is 0 Å². The molecule has 3 aromatic rings. The summed E-state index contributed by atoms with van der Waals surface area (Å²) in [5.74, 6) is -0.508. The highest BCUT2D eigenvalue weighted by atomic mass is 16.4. The number of carbonyl (C=O) groups is 1. The largest absolute Gasteiger partial charge is 0.417 e. The molecule has 0 aliphatic heterocycles. The van der Waals surface area contributed by atoms with Gasteiger partial charge in [-0.15, -0.1) is 0 Å². The second-order valence-electron chi connectivity index (χ2n) is 4.94. The lowest BCUT2D eigenvalue weighted by molar-refractivity contribution is -0.121. The summed E-state index contributed by atoms with van der Waals surface area (Å²) in [5.41, 5.74) is 2.97. The molecule has 6 nitrogen and oxygen atoms in total. The molecule has 1 amide bonds. The third kappa shape index (κ3) is 3.41. The van der Waals surface area contributed by atoms with E-state index in [1.165, 1.54) is 0 Å². The van der Waals surface area contributed by atoms with E-state index in [2.05, 4.69) is 15.3 Å². The molecular formula is C16H15N3O3. The number of aromatic nitrogens is 2. The number of amides is 1. The normalized spacial score (nSPS) is 10.7. The Hall–Kier alpha value is -2.89. The minimum Gasteiger partial charge on any atom is -0.408 e. The maximum absolute atomic E-state index is 11.8. The SMILES string of the molecule is O=C(CCc1ccc2oc(=O)[nH]c2c1)NCc1ccccn1. The van der Waals surface area contributed by atoms with E-state index in [9.17, 15) is 9.59 Å². The lowest BCUT2D eigenvalue weighted by Gasteiger charge is -2.05. The van der Waals surface area contributed by atoms with Crippen LogP contribution in [-0.2, 0) is 17.8 Å². The number of H-pyrrole nitrogens is 1. The first-order valence-corrected chi connectivity index (χ1v) is 6.99. The predicted octanol–water partition coefficient (Wildman–Crippen LogP) is 1.77. The van der Waals surface area contributed by atoms with E-state index in [0.29, 0.717) is 30.5 Å². The minimum absolute atomic E-state index is 0.0357. The van der Waals surface area contributed by atoms with Crippen LogP contribution in [0.2, 0.25) is 0 Å². The van der Waals surface area contributed by atoms with Gasteiger partial charge < -0.3 is 9.73 Å². The Bertz CT molecular complexity index is 836. The third-order valence-electron chi connectivity index (χ3n) is 3.32. The zero-order valence-corrected chi connectivity index (χ0v) is 11.8. The standard InChI is InChI=1S/C16H15N3O3/c20-15(18-10-12-3-1-2-8-17-12)7-5-11-4-6-14-13(9-11)19-16(21)22-14/h1-4,6,8-9H,5,7,10H2,(H,18,20)(H,19,21). The van der Waals surface area contributed by atoms with Crippen LogP contribution in [-0.4, -0.2) is 15.9 Å². The van der Waals surface area contributed by atoms with Crippen molar-refractivity contribution in [2.75, 3.05) is 0 Å². The summed E-state index contributed by atoms with van der Waals surface area (Å²) in [7, 11) is 0. The summed E-state index contributed by atoms with van der Waals surface area (Å²) in [6.45, 7) is 0.424. The average Bonchev–Trinajstić information content (AvgIpc) is 2.91. The van der Waals surface area contributed by atoms with E-state index in [-0.39, 0.29) is 5.91 Å². The molecule has 0 bridgehead atoms. The Morgan fingerprint density at radius 2 is 2.18 bits per heavy atom. The highest BCUT2D eigenvalue weighted by Crippen LogP contribution is 2.13. The van der Waals surface area contributed by atoms with Crippen molar-refractivity contribution in [1.29, 1.82) is 0 Å². The first-order chi connectivity index (χ1) is 10.7. The van der Waals surface area contributed by atoms with Crippen LogP contribution in [0.25, 0.3) is 11.1 Å². The van der Waals surface area contributed by atoms with Gasteiger partial charge in [-0.1, -0.05) is 12.1 Å². The Morgan fingerprint density at radius 1 is 1.27 bits per heavy atom. The number of aryl methyl sites for hydroxylation is 1. The number of benzene rings is 1. The van der Waals surface area contributed by atoms with Crippen LogP contribution < -0.4 is 11.1 Å². The number of nitrogens with one attached hydrogen (secondary N) is 2. The smallest absolute Gasteiger partial charge is 0.408 e. The minimum atomic E-state index is -0.472. The quantitative estimate of drug-likeness (QED) is 0.751. The van der Waals surface area contributed by atoms with Crippen molar-refractivity contribution in [2.45, 2.75) is 19.4 Å². The summed E-state index contributed by atoms with van der Waals surface area (Å²) in [4.78, 5) is 29.7. The number of oxazole rings is 1. The van der Waals surface area contributed by atoms with Crippen LogP contribution in [0.5, 0.6) is 0 Å². The van der Waals surface area contributed by atoms with E-state index in [1.54, 1.807) is 12.3 Å². The van der Waals surface area contributed by atoms with Gasteiger partial charge in [-0.25, -0.2) is 4.79 Å². The fraction of sp³-hybridized carbons (Fsp3) is 0.188. The van der Waals surface area contributed by atoms with Crippen LogP contribution in [0.1, 0.15) is 17.7 Å². The Balaban J connectivity index is 1.54. The van der Waals surface area contributed by atoms with Crippen LogP contribution in [0.15, 0.2) is 51.8 Å². The molecule has 0 aliphatic carbocycles. The molecule has 0 unspecified atom stereocenters. The molecule has 0 radical (unpaired) electrons. The Kier molecular flexibility index (Phi) is 4.00. The van der Waals surface area contributed by atoms with Gasteiger partial charge in [0.1, 0.15) is 0 Å². The van der Waals surface area contributed by atoms with Gasteiger partial charge in [-0.3, -0.25) is 14.8 Å². The molecule has 1 aromatic carbocycles. The van der Waals surface area contributed by atoms with Crippen molar-refractivity contribution < 1.29 is 9.21 Å². The second-order valence-corrected chi connectivity index (χ2v) is 4.94. The maximum atomic E-state index is 11.8. The van der Waals surface area contributed by atoms with Gasteiger partial charge in [-0.05, 0) is 36.2 Å². The van der Waals surface area contributed by atoms with E-state index in [0.717, 1.165) is 11.3 Å². The number of nitrogens with zero attached hydrogens (tertiary/aromatic N) is 1. The summed E-state index contributed by atoms with van der Waals surface area (Å²) in [6, 6.07) is 11.0. The van der Waals surface area contributed by atoms with Crippen molar-refractivity contribution >= 4 is 17.0 Å². The molecule has 2 heterocycles. The number of pyridine rings is 1. The molecule has 0 saturated heterocycles. The zero-order valence-electron chi connectivity index (χ0n) is 11.8. The van der Waals surface area contributed by atoms with Gasteiger partial charge >= 0.3 is 5.76 Å². The van der Waals surface area contributed by atoms with Gasteiger partial charge in [0.05, 0.1) is 17.8 Å². The molecule has 0 fully saturated rings. The number of fused-ring (bicyclic) bond motifs is 1. The van der Waals surface area contributed by atoms with Crippen molar-refractivity contribution in [3.8, 4) is 0 Å². The number of carbonyl (C=O) groups excluding carboxylic acids is 1. The Labute approximate surface area is 126 Å². The number of rotatable bonds is 5. The molecule has 0 atom stereocenters. The molecular weight excluding hydrogens is 282 g/mol. The molecule has 112 valence electrons. The fourth-order valence-corrected chi connectivity index (χ4v) is 2.19. The van der Waals surface area contributed by atoms with Crippen molar-refractivity contribution in [3.05, 3.63) is 64.4 Å². The predicted molar refractivity (Wildman–Crippen MR) is 81.2 cm³/mol. The van der Waals surface area contributed by atoms with E-state index in [4.69, 9.17) is 4.42 Å². The van der Waals surface area contributed by atoms with Crippen LogP contribution >= 0.6 is 0 Å². The number of aromatic amines is 1. The molecule has 22 heavy (non-hydrogen) atoms. The fourth-order valence-electron chi connectivity index (χ4n) is 2.19. The topological polar surface area (TPSA) is 88.0 Å². The second kappa shape index (κ2) is 6.26. The summed E-state index contributed by atoms with van der Waals surface area (Å²) < 4.78 is 4.94. The molecule has 6 heteroatoms. The van der Waals surface area contributed by atoms with Crippen molar-refractivity contribution in [2.24, 2.45) is 0 Å². The summed E-state index contributed by atoms with van der Waals surface area (Å²) in [6.07, 6.45) is 2.67. The van der Waals surface area contributed by atoms with Crippen LogP contribution in [0.4, 0.5) is 0 Å². The van der Waals surface area contributed by atoms with Gasteiger partial charge in [0.15, 0.2) is 5.58 Å². The van der Waals surface area contributed by atoms with Gasteiger partial charge in [0, 0.05) is 12.6 Å². The molecule has 0 aliphatic rings. The lowest BCUT2D eigenvalue weighted by Crippen LogP contribution is -2.23. The average molecular weight is 297 g/mol. The molecule has 0 saturated carbocycles. The van der Waals surface area contributed by atoms with Crippen molar-refractivity contribution in [3.63, 3.8) is 0 Å². The third-order valence-corrected chi connectivity index (χ3v) is 3.32. The monoisotopic (exact) mass is 297 g/mol. The van der Waals surface area contributed by atoms with Gasteiger partial charge in [0.25, 0.3) is 0 Å². The molecule has 3 rings (SSSR count). The first-order valence-electron chi connectivity index (χ1n) is 6.99. The number of hydrogen-bond acceptors (Lipinski definition) is 4. The molecule has 0 spiro atoms. The first kappa shape index (κ1) is 14.1. The van der Waals surface area contributed by atoms with Gasteiger partial charge in [-0.2, -0.15) is 0 Å². The molecule has 2 aromatic heterocycles. The summed E-state index contributed by atoms with van der Waals surface area (Å²) in [5, 5.41) is 2.83. The highest BCUT2D eigenvalue weighted by molar-refractivity contribution is 5.77. The van der Waals surface area contributed by atoms with Gasteiger partial charge in [0.2, 0.25) is 5.91 Å². The maximum Gasteiger partial charge on any atom is 0.417 e. The van der Waals surface area contributed by atoms with E-state index >= 15 is 0 Å². The van der Waals surface area contributed by atoms with Crippen LogP contribution in [0.3, 0.4) is 0 Å². The zero-order chi connectivity index (χ0) is 15.4. The van der Waals surface area contributed by atoms with Crippen molar-refractivity contribution in [1.82, 2.24) is 15.3 Å². The highest BCUT2D eigenvalue weighted by Gasteiger charge is 2.05. The van der Waals surface area contributed by atoms with E-state index < -0.39 is 5.76 Å². The summed E-state index contributed by atoms with van der Waals surface area (Å²) >= 11 is 0. The molecule has 2 N–H and O–H groups in total. The lowest BCUT2D eigenvalue weighted by atomic mass is 10.1.